The maximum atomic E-state index is 4.17. The van der Waals surface area contributed by atoms with Gasteiger partial charge in [-0.05, 0) is 40.4 Å². The van der Waals surface area contributed by atoms with Gasteiger partial charge < -0.3 is 5.32 Å². The lowest BCUT2D eigenvalue weighted by atomic mass is 10.1. The Labute approximate surface area is 74.2 Å². The highest BCUT2D eigenvalue weighted by Gasteiger charge is 2.07. The van der Waals surface area contributed by atoms with Gasteiger partial charge in [0.25, 0.3) is 0 Å². The van der Waals surface area contributed by atoms with E-state index in [1.54, 1.807) is 0 Å². The maximum absolute atomic E-state index is 4.17. The molecule has 0 spiro atoms. The second-order valence-electron chi connectivity index (χ2n) is 2.69. The smallest absolute Gasteiger partial charge is 0.108 e. The molecule has 2 heterocycles. The van der Waals surface area contributed by atoms with E-state index in [2.05, 4.69) is 26.2 Å². The van der Waals surface area contributed by atoms with E-state index in [1.807, 2.05) is 12.3 Å². The minimum Gasteiger partial charge on any atom is -0.385 e. The standard InChI is InChI=1S/C8H9BrN2/c9-8-4-7-6(5-11-8)2-1-3-10-7/h4-5,10H,1-3H2. The molecule has 1 aliphatic rings. The molecule has 0 amide bonds. The van der Waals surface area contributed by atoms with Crippen LogP contribution < -0.4 is 5.32 Å². The van der Waals surface area contributed by atoms with Crippen LogP contribution in [0, 0.1) is 0 Å². The first kappa shape index (κ1) is 7.10. The molecule has 58 valence electrons. The summed E-state index contributed by atoms with van der Waals surface area (Å²) in [5, 5.41) is 3.33. The molecule has 1 aliphatic heterocycles. The van der Waals surface area contributed by atoms with Crippen LogP contribution in [0.1, 0.15) is 12.0 Å². The minimum absolute atomic E-state index is 0.908. The van der Waals surface area contributed by atoms with Crippen LogP contribution in [-0.4, -0.2) is 11.5 Å². The number of nitrogens with one attached hydrogen (secondary N) is 1. The predicted molar refractivity (Wildman–Crippen MR) is 48.7 cm³/mol. The van der Waals surface area contributed by atoms with Crippen molar-refractivity contribution in [2.45, 2.75) is 12.8 Å². The second-order valence-corrected chi connectivity index (χ2v) is 3.51. The number of hydrogen-bond acceptors (Lipinski definition) is 2. The number of anilines is 1. The third-order valence-corrected chi connectivity index (χ3v) is 2.33. The lowest BCUT2D eigenvalue weighted by molar-refractivity contribution is 0.823. The molecular formula is C8H9BrN2. The molecule has 0 unspecified atom stereocenters. The lowest BCUT2D eigenvalue weighted by Crippen LogP contribution is -2.11. The summed E-state index contributed by atoms with van der Waals surface area (Å²) in [6, 6.07) is 2.04. The molecule has 0 aliphatic carbocycles. The Morgan fingerprint density at radius 1 is 1.55 bits per heavy atom. The molecule has 0 atom stereocenters. The summed E-state index contributed by atoms with van der Waals surface area (Å²) in [5.41, 5.74) is 2.57. The van der Waals surface area contributed by atoms with Crippen molar-refractivity contribution in [3.63, 3.8) is 0 Å². The molecule has 2 rings (SSSR count). The Morgan fingerprint density at radius 2 is 2.45 bits per heavy atom. The van der Waals surface area contributed by atoms with Gasteiger partial charge in [-0.1, -0.05) is 0 Å². The van der Waals surface area contributed by atoms with Gasteiger partial charge >= 0.3 is 0 Å². The fourth-order valence-corrected chi connectivity index (χ4v) is 1.66. The zero-order valence-corrected chi connectivity index (χ0v) is 7.69. The number of fused-ring (bicyclic) bond motifs is 1. The van der Waals surface area contributed by atoms with Crippen molar-refractivity contribution >= 4 is 21.6 Å². The van der Waals surface area contributed by atoms with Crippen molar-refractivity contribution in [2.24, 2.45) is 0 Å². The summed E-state index contributed by atoms with van der Waals surface area (Å²) in [4.78, 5) is 4.17. The van der Waals surface area contributed by atoms with E-state index in [9.17, 15) is 0 Å². The molecule has 1 aromatic rings. The monoisotopic (exact) mass is 212 g/mol. The molecule has 0 saturated heterocycles. The van der Waals surface area contributed by atoms with Gasteiger partial charge in [-0.15, -0.1) is 0 Å². The molecule has 0 saturated carbocycles. The average Bonchev–Trinajstić information content (AvgIpc) is 2.04. The number of pyridine rings is 1. The Kier molecular flexibility index (Phi) is 1.82. The van der Waals surface area contributed by atoms with E-state index in [0.717, 1.165) is 17.6 Å². The van der Waals surface area contributed by atoms with E-state index >= 15 is 0 Å². The maximum Gasteiger partial charge on any atom is 0.108 e. The third kappa shape index (κ3) is 1.38. The van der Waals surface area contributed by atoms with Crippen molar-refractivity contribution in [1.82, 2.24) is 4.98 Å². The van der Waals surface area contributed by atoms with Crippen molar-refractivity contribution in [1.29, 1.82) is 0 Å². The van der Waals surface area contributed by atoms with Gasteiger partial charge in [-0.25, -0.2) is 4.98 Å². The molecule has 0 aromatic carbocycles. The molecule has 1 aromatic heterocycles. The average molecular weight is 213 g/mol. The van der Waals surface area contributed by atoms with E-state index in [1.165, 1.54) is 17.7 Å². The highest BCUT2D eigenvalue weighted by molar-refractivity contribution is 9.10. The van der Waals surface area contributed by atoms with Gasteiger partial charge in [0, 0.05) is 18.4 Å². The number of halogens is 1. The second kappa shape index (κ2) is 2.81. The van der Waals surface area contributed by atoms with E-state index < -0.39 is 0 Å². The lowest BCUT2D eigenvalue weighted by Gasteiger charge is -2.16. The first-order chi connectivity index (χ1) is 5.36. The summed E-state index contributed by atoms with van der Waals surface area (Å²) >= 11 is 3.34. The number of hydrogen-bond donors (Lipinski definition) is 1. The summed E-state index contributed by atoms with van der Waals surface area (Å²) in [5.74, 6) is 0. The number of rotatable bonds is 0. The van der Waals surface area contributed by atoms with Gasteiger partial charge in [0.15, 0.2) is 0 Å². The summed E-state index contributed by atoms with van der Waals surface area (Å²) < 4.78 is 0.908. The molecule has 11 heavy (non-hydrogen) atoms. The predicted octanol–water partition coefficient (Wildman–Crippen LogP) is 2.20. The van der Waals surface area contributed by atoms with Crippen LogP contribution in [0.3, 0.4) is 0 Å². The van der Waals surface area contributed by atoms with Crippen LogP contribution in [0.25, 0.3) is 0 Å². The van der Waals surface area contributed by atoms with Crippen LogP contribution in [0.2, 0.25) is 0 Å². The van der Waals surface area contributed by atoms with Gasteiger partial charge in [0.2, 0.25) is 0 Å². The fraction of sp³-hybridized carbons (Fsp3) is 0.375. The highest BCUT2D eigenvalue weighted by Crippen LogP contribution is 2.23. The Hall–Kier alpha value is -0.570. The third-order valence-electron chi connectivity index (χ3n) is 1.89. The van der Waals surface area contributed by atoms with Crippen LogP contribution >= 0.6 is 15.9 Å². The Bertz CT molecular complexity index is 273. The first-order valence-electron chi connectivity index (χ1n) is 3.74. The zero-order valence-electron chi connectivity index (χ0n) is 6.10. The molecule has 1 N–H and O–H groups in total. The van der Waals surface area contributed by atoms with Crippen molar-refractivity contribution in [3.8, 4) is 0 Å². The fourth-order valence-electron chi connectivity index (χ4n) is 1.32. The van der Waals surface area contributed by atoms with E-state index in [0.29, 0.717) is 0 Å². The molecule has 0 bridgehead atoms. The van der Waals surface area contributed by atoms with Crippen molar-refractivity contribution in [3.05, 3.63) is 22.4 Å². The highest BCUT2D eigenvalue weighted by atomic mass is 79.9. The normalized spacial score (nSPS) is 15.4. The van der Waals surface area contributed by atoms with E-state index in [-0.39, 0.29) is 0 Å². The quantitative estimate of drug-likeness (QED) is 0.668. The molecule has 2 nitrogen and oxygen atoms in total. The van der Waals surface area contributed by atoms with Gasteiger partial charge in [-0.3, -0.25) is 0 Å². The van der Waals surface area contributed by atoms with Crippen LogP contribution in [-0.2, 0) is 6.42 Å². The molecular weight excluding hydrogens is 204 g/mol. The summed E-state index contributed by atoms with van der Waals surface area (Å²) in [6.45, 7) is 1.09. The first-order valence-corrected chi connectivity index (χ1v) is 4.54. The number of aryl methyl sites for hydroxylation is 1. The van der Waals surface area contributed by atoms with E-state index in [4.69, 9.17) is 0 Å². The van der Waals surface area contributed by atoms with Gasteiger partial charge in [0.05, 0.1) is 0 Å². The molecule has 0 fully saturated rings. The summed E-state index contributed by atoms with van der Waals surface area (Å²) in [7, 11) is 0. The zero-order chi connectivity index (χ0) is 7.68. The van der Waals surface area contributed by atoms with Crippen LogP contribution in [0.15, 0.2) is 16.9 Å². The van der Waals surface area contributed by atoms with Gasteiger partial charge in [0.1, 0.15) is 4.60 Å². The largest absolute Gasteiger partial charge is 0.385 e. The SMILES string of the molecule is Brc1cc2c(cn1)CCCN2. The minimum atomic E-state index is 0.908. The number of nitrogens with zero attached hydrogens (tertiary/aromatic N) is 1. The van der Waals surface area contributed by atoms with Crippen molar-refractivity contribution < 1.29 is 0 Å². The van der Waals surface area contributed by atoms with Crippen molar-refractivity contribution in [2.75, 3.05) is 11.9 Å². The van der Waals surface area contributed by atoms with Crippen LogP contribution in [0.5, 0.6) is 0 Å². The van der Waals surface area contributed by atoms with Gasteiger partial charge in [-0.2, -0.15) is 0 Å². The molecule has 3 heteroatoms. The topological polar surface area (TPSA) is 24.9 Å². The Morgan fingerprint density at radius 3 is 3.36 bits per heavy atom. The van der Waals surface area contributed by atoms with Crippen LogP contribution in [0.4, 0.5) is 5.69 Å². The Balaban J connectivity index is 2.43. The number of aromatic nitrogens is 1. The molecule has 0 radical (unpaired) electrons. The summed E-state index contributed by atoms with van der Waals surface area (Å²) in [6.07, 6.45) is 4.31.